The Labute approximate surface area is 124 Å². The first-order valence-corrected chi connectivity index (χ1v) is 8.30. The molecule has 0 spiro atoms. The normalized spacial score (nSPS) is 12.1. The van der Waals surface area contributed by atoms with E-state index in [9.17, 15) is 12.8 Å². The van der Waals surface area contributed by atoms with Crippen LogP contribution in [0.15, 0.2) is 17.0 Å². The van der Waals surface area contributed by atoms with Crippen molar-refractivity contribution in [3.05, 3.63) is 28.5 Å². The molecule has 0 heterocycles. The third-order valence-electron chi connectivity index (χ3n) is 3.27. The molecule has 0 saturated carbocycles. The Hall–Kier alpha value is -0.690. The van der Waals surface area contributed by atoms with Crippen molar-refractivity contribution >= 4 is 21.6 Å². The van der Waals surface area contributed by atoms with Crippen LogP contribution in [0.25, 0.3) is 0 Å². The van der Waals surface area contributed by atoms with E-state index in [0.29, 0.717) is 6.54 Å². The van der Waals surface area contributed by atoms with Gasteiger partial charge in [0.2, 0.25) is 10.0 Å². The molecule has 0 bridgehead atoms. The SMILES string of the molecule is CCC(CC)CNS(=O)(=O)c1cc(F)c(Cl)c(CO)c1. The lowest BCUT2D eigenvalue weighted by molar-refractivity contribution is 0.281. The van der Waals surface area contributed by atoms with Crippen LogP contribution >= 0.6 is 11.6 Å². The third kappa shape index (κ3) is 4.15. The molecule has 0 aliphatic rings. The van der Waals surface area contributed by atoms with Crippen molar-refractivity contribution in [2.24, 2.45) is 5.92 Å². The van der Waals surface area contributed by atoms with Gasteiger partial charge in [0.15, 0.2) is 0 Å². The average molecular weight is 324 g/mol. The summed E-state index contributed by atoms with van der Waals surface area (Å²) in [7, 11) is -3.81. The van der Waals surface area contributed by atoms with E-state index in [1.54, 1.807) is 0 Å². The molecule has 2 N–H and O–H groups in total. The fraction of sp³-hybridized carbons (Fsp3) is 0.538. The van der Waals surface area contributed by atoms with Gasteiger partial charge in [-0.1, -0.05) is 38.3 Å². The van der Waals surface area contributed by atoms with Gasteiger partial charge < -0.3 is 5.11 Å². The molecular weight excluding hydrogens is 305 g/mol. The topological polar surface area (TPSA) is 66.4 Å². The van der Waals surface area contributed by atoms with Gasteiger partial charge in [0.25, 0.3) is 0 Å². The van der Waals surface area contributed by atoms with E-state index in [0.717, 1.165) is 18.9 Å². The standard InChI is InChI=1S/C13H19ClFNO3S/c1-3-9(4-2)7-16-20(18,19)11-5-10(8-17)13(14)12(15)6-11/h5-6,9,16-17H,3-4,7-8H2,1-2H3. The van der Waals surface area contributed by atoms with Crippen LogP contribution in [0.3, 0.4) is 0 Å². The summed E-state index contributed by atoms with van der Waals surface area (Å²) < 4.78 is 40.2. The van der Waals surface area contributed by atoms with Crippen LogP contribution in [0.2, 0.25) is 5.02 Å². The average Bonchev–Trinajstić information content (AvgIpc) is 2.42. The third-order valence-corrected chi connectivity index (χ3v) is 5.10. The number of hydrogen-bond donors (Lipinski definition) is 2. The van der Waals surface area contributed by atoms with Crippen molar-refractivity contribution < 1.29 is 17.9 Å². The fourth-order valence-corrected chi connectivity index (χ4v) is 3.12. The molecule has 0 amide bonds. The molecule has 20 heavy (non-hydrogen) atoms. The fourth-order valence-electron chi connectivity index (χ4n) is 1.78. The molecule has 4 nitrogen and oxygen atoms in total. The number of rotatable bonds is 7. The summed E-state index contributed by atoms with van der Waals surface area (Å²) in [5.41, 5.74) is 0.0505. The first-order valence-electron chi connectivity index (χ1n) is 6.44. The summed E-state index contributed by atoms with van der Waals surface area (Å²) in [5.74, 6) is -0.625. The van der Waals surface area contributed by atoms with Crippen molar-refractivity contribution in [3.8, 4) is 0 Å². The Morgan fingerprint density at radius 2 is 1.95 bits per heavy atom. The highest BCUT2D eigenvalue weighted by molar-refractivity contribution is 7.89. The van der Waals surface area contributed by atoms with Gasteiger partial charge in [0, 0.05) is 12.1 Å². The maximum Gasteiger partial charge on any atom is 0.240 e. The second-order valence-electron chi connectivity index (χ2n) is 4.57. The maximum absolute atomic E-state index is 13.6. The lowest BCUT2D eigenvalue weighted by atomic mass is 10.0. The molecule has 1 rings (SSSR count). The molecule has 0 atom stereocenters. The number of hydrogen-bond acceptors (Lipinski definition) is 3. The molecule has 0 fully saturated rings. The highest BCUT2D eigenvalue weighted by Crippen LogP contribution is 2.24. The van der Waals surface area contributed by atoms with E-state index >= 15 is 0 Å². The zero-order chi connectivity index (χ0) is 15.3. The van der Waals surface area contributed by atoms with Gasteiger partial charge in [0.1, 0.15) is 5.82 Å². The Kier molecular flexibility index (Phi) is 6.39. The van der Waals surface area contributed by atoms with Gasteiger partial charge in [-0.15, -0.1) is 0 Å². The Balaban J connectivity index is 3.01. The van der Waals surface area contributed by atoms with E-state index in [-0.39, 0.29) is 21.4 Å². The number of benzene rings is 1. The van der Waals surface area contributed by atoms with Crippen molar-refractivity contribution in [2.75, 3.05) is 6.54 Å². The summed E-state index contributed by atoms with van der Waals surface area (Å²) in [6, 6.07) is 2.04. The van der Waals surface area contributed by atoms with Crippen LogP contribution in [0.4, 0.5) is 4.39 Å². The second-order valence-corrected chi connectivity index (χ2v) is 6.72. The first-order chi connectivity index (χ1) is 9.35. The Morgan fingerprint density at radius 3 is 2.45 bits per heavy atom. The number of aliphatic hydroxyl groups excluding tert-OH is 1. The van der Waals surface area contributed by atoms with Crippen molar-refractivity contribution in [2.45, 2.75) is 38.2 Å². The molecule has 7 heteroatoms. The molecule has 0 aliphatic carbocycles. The van der Waals surface area contributed by atoms with E-state index in [1.165, 1.54) is 6.07 Å². The van der Waals surface area contributed by atoms with Gasteiger partial charge >= 0.3 is 0 Å². The number of halogens is 2. The maximum atomic E-state index is 13.6. The van der Waals surface area contributed by atoms with Crippen LogP contribution in [-0.2, 0) is 16.6 Å². The summed E-state index contributed by atoms with van der Waals surface area (Å²) in [4.78, 5) is -0.227. The number of aliphatic hydroxyl groups is 1. The van der Waals surface area contributed by atoms with Gasteiger partial charge in [0.05, 0.1) is 16.5 Å². The van der Waals surface area contributed by atoms with E-state index < -0.39 is 22.4 Å². The van der Waals surface area contributed by atoms with Gasteiger partial charge in [-0.3, -0.25) is 0 Å². The Bertz CT molecular complexity index is 559. The quantitative estimate of drug-likeness (QED) is 0.810. The summed E-state index contributed by atoms with van der Waals surface area (Å²) in [6.45, 7) is 3.74. The lowest BCUT2D eigenvalue weighted by Gasteiger charge is -2.14. The van der Waals surface area contributed by atoms with Crippen LogP contribution < -0.4 is 4.72 Å². The zero-order valence-electron chi connectivity index (χ0n) is 11.5. The molecule has 114 valence electrons. The molecular formula is C13H19ClFNO3S. The second kappa shape index (κ2) is 7.36. The molecule has 0 unspecified atom stereocenters. The van der Waals surface area contributed by atoms with Crippen LogP contribution in [0, 0.1) is 11.7 Å². The summed E-state index contributed by atoms with van der Waals surface area (Å²) in [5, 5.41) is 8.80. The molecule has 0 saturated heterocycles. The number of nitrogens with one attached hydrogen (secondary N) is 1. The largest absolute Gasteiger partial charge is 0.392 e. The van der Waals surface area contributed by atoms with Crippen LogP contribution in [0.1, 0.15) is 32.3 Å². The molecule has 0 radical (unpaired) electrons. The summed E-state index contributed by atoms with van der Waals surface area (Å²) in [6.07, 6.45) is 1.71. The number of sulfonamides is 1. The van der Waals surface area contributed by atoms with E-state index in [2.05, 4.69) is 4.72 Å². The Morgan fingerprint density at radius 1 is 1.35 bits per heavy atom. The lowest BCUT2D eigenvalue weighted by Crippen LogP contribution is -2.29. The van der Waals surface area contributed by atoms with Gasteiger partial charge in [-0.2, -0.15) is 0 Å². The van der Waals surface area contributed by atoms with Crippen LogP contribution in [-0.4, -0.2) is 20.1 Å². The van der Waals surface area contributed by atoms with E-state index in [4.69, 9.17) is 16.7 Å². The van der Waals surface area contributed by atoms with Crippen molar-refractivity contribution in [1.29, 1.82) is 0 Å². The first kappa shape index (κ1) is 17.4. The van der Waals surface area contributed by atoms with Crippen LogP contribution in [0.5, 0.6) is 0 Å². The summed E-state index contributed by atoms with van der Waals surface area (Å²) >= 11 is 5.64. The minimum Gasteiger partial charge on any atom is -0.392 e. The molecule has 0 aliphatic heterocycles. The van der Waals surface area contributed by atoms with Crippen molar-refractivity contribution in [3.63, 3.8) is 0 Å². The zero-order valence-corrected chi connectivity index (χ0v) is 13.1. The smallest absolute Gasteiger partial charge is 0.240 e. The predicted molar refractivity (Wildman–Crippen MR) is 76.6 cm³/mol. The molecule has 1 aromatic rings. The highest BCUT2D eigenvalue weighted by Gasteiger charge is 2.19. The molecule has 1 aromatic carbocycles. The van der Waals surface area contributed by atoms with Gasteiger partial charge in [-0.05, 0) is 18.1 Å². The highest BCUT2D eigenvalue weighted by atomic mass is 35.5. The minimum absolute atomic E-state index is 0.0505. The van der Waals surface area contributed by atoms with Gasteiger partial charge in [-0.25, -0.2) is 17.5 Å². The molecule has 0 aromatic heterocycles. The predicted octanol–water partition coefficient (Wildman–Crippen LogP) is 2.69. The minimum atomic E-state index is -3.81. The van der Waals surface area contributed by atoms with E-state index in [1.807, 2.05) is 13.8 Å². The monoisotopic (exact) mass is 323 g/mol. The van der Waals surface area contributed by atoms with Crippen molar-refractivity contribution in [1.82, 2.24) is 4.72 Å².